The van der Waals surface area contributed by atoms with E-state index in [9.17, 15) is 27.6 Å². The zero-order chi connectivity index (χ0) is 20.1. The molecule has 0 atom stereocenters. The Balaban J connectivity index is 2.05. The third kappa shape index (κ3) is 4.93. The number of Topliss-reactive ketones (excluding diaryl/α,β-unsaturated/α-hetero) is 1. The Bertz CT molecular complexity index is 883. The van der Waals surface area contributed by atoms with E-state index in [0.717, 1.165) is 17.9 Å². The quantitative estimate of drug-likeness (QED) is 0.616. The predicted octanol–water partition coefficient (Wildman–Crippen LogP) is 3.69. The molecule has 142 valence electrons. The Morgan fingerprint density at radius 1 is 0.926 bits per heavy atom. The minimum absolute atomic E-state index is 0.112. The SMILES string of the molecule is CC(=O)c1ccc(NC(=O)CCN(C(C)=O)c2ccc(F)c(F)c2F)cc1. The standard InChI is InChI=1S/C19H17F3N2O3/c1-11(25)13-3-5-14(6-4-13)23-17(27)9-10-24(12(2)26)16-8-7-15(20)18(21)19(16)22/h3-8H,9-10H2,1-2H3,(H,23,27). The van der Waals surface area contributed by atoms with Crippen molar-refractivity contribution in [1.29, 1.82) is 0 Å². The Labute approximate surface area is 153 Å². The lowest BCUT2D eigenvalue weighted by Gasteiger charge is -2.21. The maximum Gasteiger partial charge on any atom is 0.226 e. The van der Waals surface area contributed by atoms with Gasteiger partial charge in [-0.15, -0.1) is 0 Å². The Morgan fingerprint density at radius 2 is 1.56 bits per heavy atom. The van der Waals surface area contributed by atoms with E-state index in [0.29, 0.717) is 17.3 Å². The number of carbonyl (C=O) groups is 3. The minimum atomic E-state index is -1.69. The van der Waals surface area contributed by atoms with Gasteiger partial charge in [-0.25, -0.2) is 13.2 Å². The monoisotopic (exact) mass is 378 g/mol. The third-order valence-corrected chi connectivity index (χ3v) is 3.82. The van der Waals surface area contributed by atoms with Crippen molar-refractivity contribution in [3.8, 4) is 0 Å². The van der Waals surface area contributed by atoms with E-state index in [1.54, 1.807) is 24.3 Å². The Hall–Kier alpha value is -3.16. The largest absolute Gasteiger partial charge is 0.326 e. The van der Waals surface area contributed by atoms with Crippen LogP contribution in [-0.4, -0.2) is 24.1 Å². The van der Waals surface area contributed by atoms with Crippen molar-refractivity contribution < 1.29 is 27.6 Å². The van der Waals surface area contributed by atoms with E-state index in [4.69, 9.17) is 0 Å². The lowest BCUT2D eigenvalue weighted by molar-refractivity contribution is -0.117. The number of hydrogen-bond acceptors (Lipinski definition) is 3. The lowest BCUT2D eigenvalue weighted by Crippen LogP contribution is -2.33. The lowest BCUT2D eigenvalue weighted by atomic mass is 10.1. The highest BCUT2D eigenvalue weighted by molar-refractivity contribution is 5.96. The van der Waals surface area contributed by atoms with Crippen LogP contribution in [0.5, 0.6) is 0 Å². The van der Waals surface area contributed by atoms with Crippen LogP contribution in [0.25, 0.3) is 0 Å². The number of carbonyl (C=O) groups excluding carboxylic acids is 3. The molecule has 0 heterocycles. The minimum Gasteiger partial charge on any atom is -0.326 e. The van der Waals surface area contributed by atoms with Gasteiger partial charge < -0.3 is 10.2 Å². The van der Waals surface area contributed by atoms with E-state index in [-0.39, 0.29) is 18.7 Å². The summed E-state index contributed by atoms with van der Waals surface area (Å²) in [5.41, 5.74) is 0.489. The molecule has 0 aromatic heterocycles. The highest BCUT2D eigenvalue weighted by Gasteiger charge is 2.21. The van der Waals surface area contributed by atoms with Crippen molar-refractivity contribution in [3.63, 3.8) is 0 Å². The van der Waals surface area contributed by atoms with Crippen LogP contribution in [0.3, 0.4) is 0 Å². The van der Waals surface area contributed by atoms with Crippen LogP contribution in [0.4, 0.5) is 24.5 Å². The number of anilines is 2. The zero-order valence-electron chi connectivity index (χ0n) is 14.7. The summed E-state index contributed by atoms with van der Waals surface area (Å²) in [6, 6.07) is 7.85. The maximum atomic E-state index is 13.9. The molecular formula is C19H17F3N2O3. The first kappa shape index (κ1) is 20.2. The van der Waals surface area contributed by atoms with E-state index in [1.807, 2.05) is 0 Å². The number of nitrogens with one attached hydrogen (secondary N) is 1. The topological polar surface area (TPSA) is 66.5 Å². The molecule has 0 aliphatic rings. The second-order valence-electron chi connectivity index (χ2n) is 5.80. The highest BCUT2D eigenvalue weighted by atomic mass is 19.2. The molecule has 0 aliphatic carbocycles. The van der Waals surface area contributed by atoms with Gasteiger partial charge in [0.1, 0.15) is 0 Å². The molecule has 0 fully saturated rings. The molecule has 8 heteroatoms. The molecule has 2 amide bonds. The van der Waals surface area contributed by atoms with Crippen molar-refractivity contribution in [2.45, 2.75) is 20.3 Å². The van der Waals surface area contributed by atoms with Gasteiger partial charge in [0.05, 0.1) is 5.69 Å². The van der Waals surface area contributed by atoms with E-state index in [2.05, 4.69) is 5.32 Å². The van der Waals surface area contributed by atoms with Crippen LogP contribution in [0.2, 0.25) is 0 Å². The number of ketones is 1. The van der Waals surface area contributed by atoms with E-state index in [1.165, 1.54) is 6.92 Å². The zero-order valence-corrected chi connectivity index (χ0v) is 14.7. The molecule has 0 unspecified atom stereocenters. The van der Waals surface area contributed by atoms with Gasteiger partial charge >= 0.3 is 0 Å². The van der Waals surface area contributed by atoms with Crippen molar-refractivity contribution >= 4 is 29.0 Å². The fourth-order valence-corrected chi connectivity index (χ4v) is 2.40. The molecule has 27 heavy (non-hydrogen) atoms. The number of nitrogens with zero attached hydrogens (tertiary/aromatic N) is 1. The molecule has 0 spiro atoms. The fraction of sp³-hybridized carbons (Fsp3) is 0.211. The first-order valence-electron chi connectivity index (χ1n) is 8.03. The number of halogens is 3. The summed E-state index contributed by atoms with van der Waals surface area (Å²) in [7, 11) is 0. The predicted molar refractivity (Wildman–Crippen MR) is 94.0 cm³/mol. The summed E-state index contributed by atoms with van der Waals surface area (Å²) < 4.78 is 40.4. The third-order valence-electron chi connectivity index (χ3n) is 3.82. The number of hydrogen-bond donors (Lipinski definition) is 1. The molecular weight excluding hydrogens is 361 g/mol. The normalized spacial score (nSPS) is 10.4. The van der Waals surface area contributed by atoms with Gasteiger partial charge in [0.15, 0.2) is 23.2 Å². The molecule has 0 saturated carbocycles. The van der Waals surface area contributed by atoms with Gasteiger partial charge in [0.2, 0.25) is 11.8 Å². The van der Waals surface area contributed by atoms with Crippen LogP contribution in [0.1, 0.15) is 30.6 Å². The smallest absolute Gasteiger partial charge is 0.226 e. The van der Waals surface area contributed by atoms with E-state index >= 15 is 0 Å². The molecule has 2 rings (SSSR count). The summed E-state index contributed by atoms with van der Waals surface area (Å²) in [6.07, 6.45) is -0.202. The molecule has 1 N–H and O–H groups in total. The summed E-state index contributed by atoms with van der Waals surface area (Å²) in [5.74, 6) is -5.76. The second-order valence-corrected chi connectivity index (χ2v) is 5.80. The van der Waals surface area contributed by atoms with Crippen LogP contribution in [-0.2, 0) is 9.59 Å². The second kappa shape index (κ2) is 8.48. The molecule has 0 saturated heterocycles. The van der Waals surface area contributed by atoms with Crippen LogP contribution in [0.15, 0.2) is 36.4 Å². The molecule has 0 aliphatic heterocycles. The van der Waals surface area contributed by atoms with Crippen LogP contribution < -0.4 is 10.2 Å². The van der Waals surface area contributed by atoms with Crippen LogP contribution >= 0.6 is 0 Å². The average Bonchev–Trinajstić information content (AvgIpc) is 2.61. The van der Waals surface area contributed by atoms with Gasteiger partial charge in [-0.2, -0.15) is 0 Å². The van der Waals surface area contributed by atoms with Crippen LogP contribution in [0, 0.1) is 17.5 Å². The fourth-order valence-electron chi connectivity index (χ4n) is 2.40. The summed E-state index contributed by atoms with van der Waals surface area (Å²) in [5, 5.41) is 2.57. The molecule has 0 radical (unpaired) electrons. The van der Waals surface area contributed by atoms with Gasteiger partial charge in [0.25, 0.3) is 0 Å². The average molecular weight is 378 g/mol. The maximum absolute atomic E-state index is 13.9. The van der Waals surface area contributed by atoms with Crippen molar-refractivity contribution in [3.05, 3.63) is 59.4 Å². The summed E-state index contributed by atoms with van der Waals surface area (Å²) in [6.45, 7) is 2.31. The van der Waals surface area contributed by atoms with Crippen molar-refractivity contribution in [2.75, 3.05) is 16.8 Å². The molecule has 5 nitrogen and oxygen atoms in total. The van der Waals surface area contributed by atoms with Gasteiger partial charge in [0, 0.05) is 31.1 Å². The molecule has 2 aromatic carbocycles. The first-order valence-corrected chi connectivity index (χ1v) is 8.03. The number of amides is 2. The highest BCUT2D eigenvalue weighted by Crippen LogP contribution is 2.24. The molecule has 2 aromatic rings. The summed E-state index contributed by atoms with van der Waals surface area (Å²) in [4.78, 5) is 35.9. The Kier molecular flexibility index (Phi) is 6.33. The van der Waals surface area contributed by atoms with E-state index < -0.39 is 35.0 Å². The Morgan fingerprint density at radius 3 is 2.11 bits per heavy atom. The first-order chi connectivity index (χ1) is 12.7. The van der Waals surface area contributed by atoms with Gasteiger partial charge in [-0.05, 0) is 43.3 Å². The number of rotatable bonds is 6. The van der Waals surface area contributed by atoms with Crippen molar-refractivity contribution in [2.24, 2.45) is 0 Å². The molecule has 0 bridgehead atoms. The van der Waals surface area contributed by atoms with Crippen molar-refractivity contribution in [1.82, 2.24) is 0 Å². The van der Waals surface area contributed by atoms with Gasteiger partial charge in [-0.3, -0.25) is 14.4 Å². The number of benzene rings is 2. The summed E-state index contributed by atoms with van der Waals surface area (Å²) >= 11 is 0. The van der Waals surface area contributed by atoms with Gasteiger partial charge in [-0.1, -0.05) is 0 Å².